The second-order valence-electron chi connectivity index (χ2n) is 3.97. The molecule has 0 aliphatic heterocycles. The Balaban J connectivity index is 2.25. The van der Waals surface area contributed by atoms with Crippen molar-refractivity contribution in [3.63, 3.8) is 0 Å². The molecule has 1 saturated carbocycles. The molecule has 76 valence electrons. The Labute approximate surface area is 83.6 Å². The Bertz CT molecular complexity index is 311. The molecule has 1 aliphatic carbocycles. The zero-order chi connectivity index (χ0) is 9.97. The van der Waals surface area contributed by atoms with Crippen LogP contribution in [-0.4, -0.2) is 11.3 Å². The van der Waals surface area contributed by atoms with Crippen molar-refractivity contribution in [2.45, 2.75) is 37.8 Å². The van der Waals surface area contributed by atoms with Crippen molar-refractivity contribution in [3.05, 3.63) is 29.8 Å². The van der Waals surface area contributed by atoms with Crippen LogP contribution in [0.2, 0.25) is 0 Å². The van der Waals surface area contributed by atoms with Crippen molar-refractivity contribution in [1.82, 2.24) is 0 Å². The van der Waals surface area contributed by atoms with Crippen LogP contribution in [0.3, 0.4) is 0 Å². The van der Waals surface area contributed by atoms with E-state index in [9.17, 15) is 9.50 Å². The molecule has 0 bridgehead atoms. The summed E-state index contributed by atoms with van der Waals surface area (Å²) in [4.78, 5) is 0. The topological polar surface area (TPSA) is 20.2 Å². The molecule has 0 saturated heterocycles. The van der Waals surface area contributed by atoms with Crippen molar-refractivity contribution >= 4 is 0 Å². The first-order valence-corrected chi connectivity index (χ1v) is 5.21. The largest absolute Gasteiger partial charge is 0.508 e. The highest BCUT2D eigenvalue weighted by atomic mass is 19.1. The maximum absolute atomic E-state index is 13.6. The smallest absolute Gasteiger partial charge is 0.119 e. The standard InChI is InChI=1S/C12H15FO/c13-11-7-3-1-5-9(11)10-6-2-4-8-12(10)14/h2,4,6,8-9,11,14H,1,3,5,7H2. The minimum atomic E-state index is -0.781. The van der Waals surface area contributed by atoms with Gasteiger partial charge in [-0.2, -0.15) is 0 Å². The minimum Gasteiger partial charge on any atom is -0.508 e. The van der Waals surface area contributed by atoms with Crippen LogP contribution in [0.4, 0.5) is 4.39 Å². The molecule has 0 radical (unpaired) electrons. The summed E-state index contributed by atoms with van der Waals surface area (Å²) in [5.74, 6) is 0.145. The van der Waals surface area contributed by atoms with Crippen LogP contribution < -0.4 is 0 Å². The molecule has 0 spiro atoms. The van der Waals surface area contributed by atoms with Gasteiger partial charge in [-0.15, -0.1) is 0 Å². The first kappa shape index (κ1) is 9.50. The second kappa shape index (κ2) is 3.99. The molecule has 2 rings (SSSR count). The minimum absolute atomic E-state index is 0.0926. The van der Waals surface area contributed by atoms with Crippen LogP contribution >= 0.6 is 0 Å². The highest BCUT2D eigenvalue weighted by molar-refractivity contribution is 5.35. The number of hydrogen-bond acceptors (Lipinski definition) is 1. The number of phenolic OH excluding ortho intramolecular Hbond substituents is 1. The summed E-state index contributed by atoms with van der Waals surface area (Å²) in [6.07, 6.45) is 2.76. The van der Waals surface area contributed by atoms with Crippen LogP contribution in [0.15, 0.2) is 24.3 Å². The fourth-order valence-electron chi connectivity index (χ4n) is 2.24. The van der Waals surface area contributed by atoms with Gasteiger partial charge in [0.25, 0.3) is 0 Å². The SMILES string of the molecule is Oc1ccccc1C1CCCCC1F. The average molecular weight is 194 g/mol. The fourth-order valence-corrected chi connectivity index (χ4v) is 2.24. The third-order valence-electron chi connectivity index (χ3n) is 3.02. The predicted octanol–water partition coefficient (Wildman–Crippen LogP) is 3.39. The van der Waals surface area contributed by atoms with Crippen LogP contribution in [0, 0.1) is 0 Å². The molecule has 1 fully saturated rings. The van der Waals surface area contributed by atoms with Gasteiger partial charge in [0, 0.05) is 5.92 Å². The lowest BCUT2D eigenvalue weighted by Crippen LogP contribution is -2.18. The van der Waals surface area contributed by atoms with Crippen LogP contribution in [0.5, 0.6) is 5.75 Å². The van der Waals surface area contributed by atoms with E-state index in [1.54, 1.807) is 12.1 Å². The molecular weight excluding hydrogens is 179 g/mol. The van der Waals surface area contributed by atoms with Gasteiger partial charge < -0.3 is 5.11 Å². The lowest BCUT2D eigenvalue weighted by Gasteiger charge is -2.26. The highest BCUT2D eigenvalue weighted by Gasteiger charge is 2.27. The molecule has 2 unspecified atom stereocenters. The van der Waals surface area contributed by atoms with Gasteiger partial charge in [-0.25, -0.2) is 4.39 Å². The van der Waals surface area contributed by atoms with Crippen molar-refractivity contribution in [2.24, 2.45) is 0 Å². The second-order valence-corrected chi connectivity index (χ2v) is 3.97. The van der Waals surface area contributed by atoms with E-state index in [0.717, 1.165) is 24.8 Å². The summed E-state index contributed by atoms with van der Waals surface area (Å²) in [7, 11) is 0. The zero-order valence-electron chi connectivity index (χ0n) is 8.12. The molecule has 14 heavy (non-hydrogen) atoms. The quantitative estimate of drug-likeness (QED) is 0.726. The average Bonchev–Trinajstić information content (AvgIpc) is 2.20. The summed E-state index contributed by atoms with van der Waals surface area (Å²) >= 11 is 0. The molecule has 0 aromatic heterocycles. The molecule has 0 heterocycles. The van der Waals surface area contributed by atoms with Crippen LogP contribution in [-0.2, 0) is 0 Å². The summed E-state index contributed by atoms with van der Waals surface area (Å²) in [6.45, 7) is 0. The molecule has 1 aliphatic rings. The molecule has 2 heteroatoms. The first-order chi connectivity index (χ1) is 6.79. The Morgan fingerprint density at radius 3 is 2.57 bits per heavy atom. The number of rotatable bonds is 1. The van der Waals surface area contributed by atoms with Crippen molar-refractivity contribution < 1.29 is 9.50 Å². The first-order valence-electron chi connectivity index (χ1n) is 5.21. The van der Waals surface area contributed by atoms with Gasteiger partial charge in [-0.1, -0.05) is 31.0 Å². The third kappa shape index (κ3) is 1.74. The maximum atomic E-state index is 13.6. The Morgan fingerprint density at radius 2 is 1.86 bits per heavy atom. The van der Waals surface area contributed by atoms with Gasteiger partial charge in [-0.3, -0.25) is 0 Å². The Hall–Kier alpha value is -1.05. The number of phenols is 1. The van der Waals surface area contributed by atoms with Crippen LogP contribution in [0.1, 0.15) is 37.2 Å². The summed E-state index contributed by atoms with van der Waals surface area (Å²) < 4.78 is 13.6. The van der Waals surface area contributed by atoms with Crippen molar-refractivity contribution in [2.75, 3.05) is 0 Å². The van der Waals surface area contributed by atoms with Gasteiger partial charge in [0.1, 0.15) is 11.9 Å². The Morgan fingerprint density at radius 1 is 1.14 bits per heavy atom. The number of alkyl halides is 1. The molecular formula is C12H15FO. The third-order valence-corrected chi connectivity index (χ3v) is 3.02. The van der Waals surface area contributed by atoms with Gasteiger partial charge in [-0.05, 0) is 24.5 Å². The van der Waals surface area contributed by atoms with E-state index in [2.05, 4.69) is 0 Å². The van der Waals surface area contributed by atoms with E-state index in [1.807, 2.05) is 12.1 Å². The number of aromatic hydroxyl groups is 1. The predicted molar refractivity (Wildman–Crippen MR) is 54.2 cm³/mol. The maximum Gasteiger partial charge on any atom is 0.119 e. The number of hydrogen-bond donors (Lipinski definition) is 1. The van der Waals surface area contributed by atoms with Crippen molar-refractivity contribution in [1.29, 1.82) is 0 Å². The van der Waals surface area contributed by atoms with Crippen molar-refractivity contribution in [3.8, 4) is 5.75 Å². The summed E-state index contributed by atoms with van der Waals surface area (Å²) in [5, 5.41) is 9.61. The molecule has 1 aromatic rings. The Kier molecular flexibility index (Phi) is 2.71. The molecule has 1 aromatic carbocycles. The number of para-hydroxylation sites is 1. The molecule has 2 atom stereocenters. The molecule has 1 nitrogen and oxygen atoms in total. The monoisotopic (exact) mass is 194 g/mol. The lowest BCUT2D eigenvalue weighted by molar-refractivity contribution is 0.213. The normalized spacial score (nSPS) is 27.5. The van der Waals surface area contributed by atoms with Gasteiger partial charge >= 0.3 is 0 Å². The number of benzene rings is 1. The lowest BCUT2D eigenvalue weighted by atomic mass is 9.82. The number of halogens is 1. The van der Waals surface area contributed by atoms with Gasteiger partial charge in [0.05, 0.1) is 0 Å². The van der Waals surface area contributed by atoms with Gasteiger partial charge in [0.2, 0.25) is 0 Å². The summed E-state index contributed by atoms with van der Waals surface area (Å²) in [6, 6.07) is 7.10. The van der Waals surface area contributed by atoms with E-state index < -0.39 is 6.17 Å². The fraction of sp³-hybridized carbons (Fsp3) is 0.500. The molecule has 1 N–H and O–H groups in total. The van der Waals surface area contributed by atoms with E-state index in [0.29, 0.717) is 6.42 Å². The van der Waals surface area contributed by atoms with E-state index in [-0.39, 0.29) is 11.7 Å². The van der Waals surface area contributed by atoms with E-state index in [4.69, 9.17) is 0 Å². The van der Waals surface area contributed by atoms with Crippen LogP contribution in [0.25, 0.3) is 0 Å². The van der Waals surface area contributed by atoms with Gasteiger partial charge in [0.15, 0.2) is 0 Å². The summed E-state index contributed by atoms with van der Waals surface area (Å²) in [5.41, 5.74) is 0.778. The highest BCUT2D eigenvalue weighted by Crippen LogP contribution is 2.38. The van der Waals surface area contributed by atoms with E-state index in [1.165, 1.54) is 0 Å². The zero-order valence-corrected chi connectivity index (χ0v) is 8.12. The van der Waals surface area contributed by atoms with E-state index >= 15 is 0 Å². The molecule has 0 amide bonds.